The average Bonchev–Trinajstić information content (AvgIpc) is 2.46. The van der Waals surface area contributed by atoms with Crippen LogP contribution in [0.15, 0.2) is 28.9 Å². The molecule has 0 fully saturated rings. The number of hydrogen-bond acceptors (Lipinski definition) is 3. The van der Waals surface area contributed by atoms with Crippen molar-refractivity contribution in [3.05, 3.63) is 46.2 Å². The first-order valence-electron chi connectivity index (χ1n) is 6.30. The average molecular weight is 342 g/mol. The highest BCUT2D eigenvalue weighted by Crippen LogP contribution is 2.29. The third-order valence-corrected chi connectivity index (χ3v) is 3.50. The zero-order valence-corrected chi connectivity index (χ0v) is 12.5. The minimum atomic E-state index is -0.930. The molecule has 0 saturated carbocycles. The molecule has 106 valence electrons. The van der Waals surface area contributed by atoms with Crippen LogP contribution in [0, 0.1) is 11.6 Å². The fourth-order valence-corrected chi connectivity index (χ4v) is 2.21. The molecule has 0 aliphatic carbocycles. The number of hydrogen-bond donors (Lipinski definition) is 1. The van der Waals surface area contributed by atoms with E-state index in [1.807, 2.05) is 0 Å². The Bertz CT molecular complexity index is 605. The van der Waals surface area contributed by atoms with Gasteiger partial charge in [-0.25, -0.2) is 18.7 Å². The quantitative estimate of drug-likeness (QED) is 0.665. The summed E-state index contributed by atoms with van der Waals surface area (Å²) in [7, 11) is 0. The lowest BCUT2D eigenvalue weighted by Crippen LogP contribution is -2.15. The largest absolute Gasteiger partial charge is 0.311 e. The van der Waals surface area contributed by atoms with Crippen molar-refractivity contribution < 1.29 is 8.78 Å². The molecular weight excluding hydrogens is 328 g/mol. The zero-order chi connectivity index (χ0) is 14.5. The van der Waals surface area contributed by atoms with Crippen molar-refractivity contribution in [1.82, 2.24) is 15.3 Å². The Morgan fingerprint density at radius 2 is 2.05 bits per heavy atom. The molecule has 20 heavy (non-hydrogen) atoms. The first-order valence-corrected chi connectivity index (χ1v) is 7.09. The second-order valence-electron chi connectivity index (χ2n) is 4.27. The van der Waals surface area contributed by atoms with E-state index in [2.05, 4.69) is 38.1 Å². The van der Waals surface area contributed by atoms with E-state index < -0.39 is 11.6 Å². The molecule has 0 atom stereocenters. The van der Waals surface area contributed by atoms with Gasteiger partial charge in [0.05, 0.1) is 10.2 Å². The highest BCUT2D eigenvalue weighted by Gasteiger charge is 2.14. The Morgan fingerprint density at radius 1 is 1.25 bits per heavy atom. The van der Waals surface area contributed by atoms with Crippen molar-refractivity contribution in [2.24, 2.45) is 0 Å². The summed E-state index contributed by atoms with van der Waals surface area (Å²) < 4.78 is 26.7. The van der Waals surface area contributed by atoms with Gasteiger partial charge in [-0.05, 0) is 47.1 Å². The summed E-state index contributed by atoms with van der Waals surface area (Å²) in [5.41, 5.74) is 1.24. The summed E-state index contributed by atoms with van der Waals surface area (Å²) in [6.45, 7) is 3.59. The maximum absolute atomic E-state index is 13.5. The second-order valence-corrected chi connectivity index (χ2v) is 5.06. The van der Waals surface area contributed by atoms with Gasteiger partial charge in [0, 0.05) is 18.3 Å². The fourth-order valence-electron chi connectivity index (χ4n) is 1.72. The summed E-state index contributed by atoms with van der Waals surface area (Å²) in [5, 5.41) is 3.23. The van der Waals surface area contributed by atoms with Crippen LogP contribution in [0.5, 0.6) is 0 Å². The molecule has 0 amide bonds. The lowest BCUT2D eigenvalue weighted by atomic mass is 10.2. The number of nitrogens with one attached hydrogen (secondary N) is 1. The SMILES string of the molecule is CCCNCc1ccnc(-c2ccc(F)c(F)c2Br)n1. The molecule has 1 heterocycles. The summed E-state index contributed by atoms with van der Waals surface area (Å²) in [6.07, 6.45) is 2.64. The Balaban J connectivity index is 2.29. The van der Waals surface area contributed by atoms with Gasteiger partial charge < -0.3 is 5.32 Å². The molecule has 3 nitrogen and oxygen atoms in total. The van der Waals surface area contributed by atoms with E-state index >= 15 is 0 Å². The highest BCUT2D eigenvalue weighted by atomic mass is 79.9. The van der Waals surface area contributed by atoms with Crippen LogP contribution >= 0.6 is 15.9 Å². The topological polar surface area (TPSA) is 37.8 Å². The molecule has 1 N–H and O–H groups in total. The molecule has 0 saturated heterocycles. The van der Waals surface area contributed by atoms with Crippen LogP contribution in [0.3, 0.4) is 0 Å². The van der Waals surface area contributed by atoms with Gasteiger partial charge in [-0.3, -0.25) is 0 Å². The molecular formula is C14H14BrF2N3. The Kier molecular flexibility index (Phi) is 5.14. The van der Waals surface area contributed by atoms with Crippen LogP contribution in [0.25, 0.3) is 11.4 Å². The van der Waals surface area contributed by atoms with Crippen LogP contribution in [-0.2, 0) is 6.54 Å². The molecule has 6 heteroatoms. The van der Waals surface area contributed by atoms with Gasteiger partial charge in [0.15, 0.2) is 17.5 Å². The van der Waals surface area contributed by atoms with Gasteiger partial charge in [0.1, 0.15) is 0 Å². The fraction of sp³-hybridized carbons (Fsp3) is 0.286. The first kappa shape index (κ1) is 15.0. The standard InChI is InChI=1S/C14H14BrF2N3/c1-2-6-18-8-9-5-7-19-14(20-9)10-3-4-11(16)13(17)12(10)15/h3-5,7,18H,2,6,8H2,1H3. The van der Waals surface area contributed by atoms with E-state index in [-0.39, 0.29) is 4.47 Å². The van der Waals surface area contributed by atoms with E-state index in [1.165, 1.54) is 6.07 Å². The second kappa shape index (κ2) is 6.85. The molecule has 0 unspecified atom stereocenters. The van der Waals surface area contributed by atoms with Crippen molar-refractivity contribution in [1.29, 1.82) is 0 Å². The normalized spacial score (nSPS) is 10.8. The molecule has 0 radical (unpaired) electrons. The van der Waals surface area contributed by atoms with Crippen molar-refractivity contribution in [2.45, 2.75) is 19.9 Å². The monoisotopic (exact) mass is 341 g/mol. The Hall–Kier alpha value is -1.40. The third-order valence-electron chi connectivity index (χ3n) is 2.72. The molecule has 0 aliphatic heterocycles. The Labute approximate surface area is 124 Å². The molecule has 0 bridgehead atoms. The van der Waals surface area contributed by atoms with Crippen molar-refractivity contribution in [3.8, 4) is 11.4 Å². The maximum Gasteiger partial charge on any atom is 0.173 e. The van der Waals surface area contributed by atoms with E-state index in [0.717, 1.165) is 24.7 Å². The predicted molar refractivity (Wildman–Crippen MR) is 77.1 cm³/mol. The zero-order valence-electron chi connectivity index (χ0n) is 11.0. The third kappa shape index (κ3) is 3.37. The van der Waals surface area contributed by atoms with Crippen molar-refractivity contribution >= 4 is 15.9 Å². The molecule has 2 rings (SSSR count). The lowest BCUT2D eigenvalue weighted by Gasteiger charge is -2.07. The van der Waals surface area contributed by atoms with Gasteiger partial charge in [-0.1, -0.05) is 6.92 Å². The van der Waals surface area contributed by atoms with Gasteiger partial charge >= 0.3 is 0 Å². The number of nitrogens with zero attached hydrogens (tertiary/aromatic N) is 2. The minimum absolute atomic E-state index is 0.0381. The number of benzene rings is 1. The first-order chi connectivity index (χ1) is 9.63. The molecule has 0 aliphatic rings. The van der Waals surface area contributed by atoms with E-state index in [9.17, 15) is 8.78 Å². The van der Waals surface area contributed by atoms with Crippen LogP contribution in [0.4, 0.5) is 8.78 Å². The van der Waals surface area contributed by atoms with Gasteiger partial charge in [0.2, 0.25) is 0 Å². The van der Waals surface area contributed by atoms with Crippen LogP contribution in [-0.4, -0.2) is 16.5 Å². The van der Waals surface area contributed by atoms with Crippen LogP contribution < -0.4 is 5.32 Å². The van der Waals surface area contributed by atoms with E-state index in [1.54, 1.807) is 12.3 Å². The lowest BCUT2D eigenvalue weighted by molar-refractivity contribution is 0.504. The molecule has 1 aromatic carbocycles. The van der Waals surface area contributed by atoms with Crippen LogP contribution in [0.2, 0.25) is 0 Å². The summed E-state index contributed by atoms with van der Waals surface area (Å²) in [4.78, 5) is 8.47. The van der Waals surface area contributed by atoms with Gasteiger partial charge in [-0.2, -0.15) is 0 Å². The van der Waals surface area contributed by atoms with Crippen LogP contribution in [0.1, 0.15) is 19.0 Å². The Morgan fingerprint density at radius 3 is 2.80 bits per heavy atom. The molecule has 1 aromatic heterocycles. The smallest absolute Gasteiger partial charge is 0.173 e. The summed E-state index contributed by atoms with van der Waals surface area (Å²) >= 11 is 3.05. The number of halogens is 3. The molecule has 0 spiro atoms. The van der Waals surface area contributed by atoms with Crippen molar-refractivity contribution in [3.63, 3.8) is 0 Å². The maximum atomic E-state index is 13.5. The summed E-state index contributed by atoms with van der Waals surface area (Å²) in [5.74, 6) is -1.46. The van der Waals surface area contributed by atoms with Gasteiger partial charge in [-0.15, -0.1) is 0 Å². The predicted octanol–water partition coefficient (Wildman–Crippen LogP) is 3.68. The van der Waals surface area contributed by atoms with E-state index in [4.69, 9.17) is 0 Å². The minimum Gasteiger partial charge on any atom is -0.311 e. The molecule has 2 aromatic rings. The van der Waals surface area contributed by atoms with Crippen molar-refractivity contribution in [2.75, 3.05) is 6.54 Å². The highest BCUT2D eigenvalue weighted by molar-refractivity contribution is 9.10. The number of rotatable bonds is 5. The summed E-state index contributed by atoms with van der Waals surface area (Å²) in [6, 6.07) is 4.32. The van der Waals surface area contributed by atoms with Gasteiger partial charge in [0.25, 0.3) is 0 Å². The van der Waals surface area contributed by atoms with E-state index in [0.29, 0.717) is 17.9 Å². The number of aromatic nitrogens is 2.